The van der Waals surface area contributed by atoms with Crippen LogP contribution in [-0.2, 0) is 31.7 Å². The van der Waals surface area contributed by atoms with Gasteiger partial charge in [0.25, 0.3) is 0 Å². The average molecular weight is 386 g/mol. The van der Waals surface area contributed by atoms with Crippen molar-refractivity contribution < 1.29 is 37.0 Å². The van der Waals surface area contributed by atoms with Crippen molar-refractivity contribution in [1.29, 1.82) is 0 Å². The van der Waals surface area contributed by atoms with E-state index in [1.54, 1.807) is 6.92 Å². The van der Waals surface area contributed by atoms with Gasteiger partial charge in [0.2, 0.25) is 0 Å². The van der Waals surface area contributed by atoms with Gasteiger partial charge in [-0.25, -0.2) is 9.59 Å². The third-order valence-electron chi connectivity index (χ3n) is 3.56. The zero-order valence-electron chi connectivity index (χ0n) is 14.3. The van der Waals surface area contributed by atoms with Crippen molar-refractivity contribution in [2.75, 3.05) is 19.8 Å². The zero-order valence-corrected chi connectivity index (χ0v) is 14.3. The molecule has 0 fully saturated rings. The Morgan fingerprint density at radius 3 is 2.63 bits per heavy atom. The standard InChI is InChI=1S/C17H17F3N2O5/c1-2-26-15(24)12-8-21-16(25)22-13(12)9-27-14(23)7-10-4-3-5-11(6-10)17(18,19)20/h3-6H,2,7-9H2,1H3,(H2,21,22,25). The summed E-state index contributed by atoms with van der Waals surface area (Å²) in [6.07, 6.45) is -4.91. The monoisotopic (exact) mass is 386 g/mol. The number of nitrogens with one attached hydrogen (secondary N) is 2. The molecule has 2 amide bonds. The van der Waals surface area contributed by atoms with Crippen LogP contribution in [0.2, 0.25) is 0 Å². The highest BCUT2D eigenvalue weighted by atomic mass is 19.4. The molecule has 0 spiro atoms. The number of amides is 2. The Bertz CT molecular complexity index is 774. The molecule has 0 aromatic heterocycles. The molecule has 1 aliphatic rings. The zero-order chi connectivity index (χ0) is 20.0. The summed E-state index contributed by atoms with van der Waals surface area (Å²) in [5.74, 6) is -1.48. The van der Waals surface area contributed by atoms with Crippen molar-refractivity contribution in [2.45, 2.75) is 19.5 Å². The molecule has 7 nitrogen and oxygen atoms in total. The third-order valence-corrected chi connectivity index (χ3v) is 3.56. The summed E-state index contributed by atoms with van der Waals surface area (Å²) < 4.78 is 48.0. The topological polar surface area (TPSA) is 93.7 Å². The number of ether oxygens (including phenoxy) is 2. The molecule has 0 aliphatic carbocycles. The molecule has 10 heteroatoms. The molecule has 0 unspecified atom stereocenters. The van der Waals surface area contributed by atoms with Crippen LogP contribution >= 0.6 is 0 Å². The SMILES string of the molecule is CCOC(=O)C1=C(COC(=O)Cc2cccc(C(F)(F)F)c2)NC(=O)NC1. The van der Waals surface area contributed by atoms with Gasteiger partial charge in [-0.05, 0) is 18.6 Å². The molecule has 1 aliphatic heterocycles. The fourth-order valence-electron chi connectivity index (χ4n) is 2.30. The molecular weight excluding hydrogens is 369 g/mol. The van der Waals surface area contributed by atoms with E-state index >= 15 is 0 Å². The Labute approximate surface area is 152 Å². The summed E-state index contributed by atoms with van der Waals surface area (Å²) in [4.78, 5) is 35.2. The Balaban J connectivity index is 2.03. The normalized spacial score (nSPS) is 14.3. The second-order valence-corrected chi connectivity index (χ2v) is 5.52. The predicted octanol–water partition coefficient (Wildman–Crippen LogP) is 1.92. The lowest BCUT2D eigenvalue weighted by atomic mass is 10.1. The lowest BCUT2D eigenvalue weighted by Crippen LogP contribution is -2.45. The van der Waals surface area contributed by atoms with Crippen LogP contribution in [0.3, 0.4) is 0 Å². The second kappa shape index (κ2) is 8.56. The summed E-state index contributed by atoms with van der Waals surface area (Å²) in [5.41, 5.74) is -0.576. The number of hydrogen-bond acceptors (Lipinski definition) is 5. The average Bonchev–Trinajstić information content (AvgIpc) is 2.59. The van der Waals surface area contributed by atoms with E-state index in [4.69, 9.17) is 9.47 Å². The van der Waals surface area contributed by atoms with Gasteiger partial charge in [0.05, 0.1) is 36.4 Å². The van der Waals surface area contributed by atoms with Crippen LogP contribution in [0.1, 0.15) is 18.1 Å². The number of esters is 2. The first-order valence-corrected chi connectivity index (χ1v) is 7.96. The molecule has 146 valence electrons. The van der Waals surface area contributed by atoms with Crippen LogP contribution in [-0.4, -0.2) is 37.7 Å². The van der Waals surface area contributed by atoms with Gasteiger partial charge >= 0.3 is 24.1 Å². The largest absolute Gasteiger partial charge is 0.463 e. The lowest BCUT2D eigenvalue weighted by Gasteiger charge is -2.21. The molecule has 1 aromatic rings. The number of benzene rings is 1. The molecule has 0 atom stereocenters. The van der Waals surface area contributed by atoms with Crippen molar-refractivity contribution in [3.63, 3.8) is 0 Å². The Kier molecular flexibility index (Phi) is 6.43. The minimum Gasteiger partial charge on any atom is -0.463 e. The molecule has 0 radical (unpaired) electrons. The van der Waals surface area contributed by atoms with E-state index in [0.29, 0.717) is 0 Å². The Hall–Kier alpha value is -3.04. The molecule has 0 bridgehead atoms. The van der Waals surface area contributed by atoms with E-state index < -0.39 is 42.7 Å². The molecule has 0 saturated carbocycles. The van der Waals surface area contributed by atoms with Gasteiger partial charge in [0.1, 0.15) is 6.61 Å². The molecule has 2 N–H and O–H groups in total. The number of urea groups is 1. The van der Waals surface area contributed by atoms with Crippen LogP contribution < -0.4 is 10.6 Å². The van der Waals surface area contributed by atoms with Gasteiger partial charge in [-0.15, -0.1) is 0 Å². The number of carbonyl (C=O) groups excluding carboxylic acids is 3. The maximum Gasteiger partial charge on any atom is 0.416 e. The maximum absolute atomic E-state index is 12.7. The Morgan fingerprint density at radius 2 is 1.96 bits per heavy atom. The van der Waals surface area contributed by atoms with E-state index in [-0.39, 0.29) is 30.0 Å². The number of halogens is 3. The molecule has 27 heavy (non-hydrogen) atoms. The van der Waals surface area contributed by atoms with Gasteiger partial charge in [0.15, 0.2) is 0 Å². The maximum atomic E-state index is 12.7. The van der Waals surface area contributed by atoms with Crippen LogP contribution in [0.25, 0.3) is 0 Å². The predicted molar refractivity (Wildman–Crippen MR) is 86.3 cm³/mol. The van der Waals surface area contributed by atoms with Crippen molar-refractivity contribution in [2.24, 2.45) is 0 Å². The van der Waals surface area contributed by atoms with Crippen molar-refractivity contribution >= 4 is 18.0 Å². The highest BCUT2D eigenvalue weighted by molar-refractivity contribution is 5.93. The summed E-state index contributed by atoms with van der Waals surface area (Å²) in [5, 5.41) is 4.75. The van der Waals surface area contributed by atoms with Crippen LogP contribution in [0.15, 0.2) is 35.5 Å². The number of alkyl halides is 3. The van der Waals surface area contributed by atoms with Crippen LogP contribution in [0.4, 0.5) is 18.0 Å². The molecule has 2 rings (SSSR count). The lowest BCUT2D eigenvalue weighted by molar-refractivity contribution is -0.143. The summed E-state index contributed by atoms with van der Waals surface area (Å²) in [7, 11) is 0. The molecule has 1 aromatic carbocycles. The summed E-state index contributed by atoms with van der Waals surface area (Å²) >= 11 is 0. The summed E-state index contributed by atoms with van der Waals surface area (Å²) in [6, 6.07) is 3.74. The highest BCUT2D eigenvalue weighted by Gasteiger charge is 2.30. The summed E-state index contributed by atoms with van der Waals surface area (Å²) in [6.45, 7) is 1.23. The molecular formula is C17H17F3N2O5. The minimum absolute atomic E-state index is 0.0644. The minimum atomic E-state index is -4.52. The van der Waals surface area contributed by atoms with E-state index in [1.165, 1.54) is 12.1 Å². The van der Waals surface area contributed by atoms with Crippen molar-refractivity contribution in [3.8, 4) is 0 Å². The quantitative estimate of drug-likeness (QED) is 0.729. The fraction of sp³-hybridized carbons (Fsp3) is 0.353. The highest BCUT2D eigenvalue weighted by Crippen LogP contribution is 2.29. The number of hydrogen-bond donors (Lipinski definition) is 2. The first kappa shape index (κ1) is 20.3. The molecule has 0 saturated heterocycles. The van der Waals surface area contributed by atoms with E-state index in [2.05, 4.69) is 10.6 Å². The van der Waals surface area contributed by atoms with Gasteiger partial charge in [-0.2, -0.15) is 13.2 Å². The van der Waals surface area contributed by atoms with Gasteiger partial charge < -0.3 is 20.1 Å². The third kappa shape index (κ3) is 5.73. The van der Waals surface area contributed by atoms with Gasteiger partial charge in [-0.3, -0.25) is 4.79 Å². The number of carbonyl (C=O) groups is 3. The number of rotatable bonds is 6. The van der Waals surface area contributed by atoms with E-state index in [9.17, 15) is 27.6 Å². The Morgan fingerprint density at radius 1 is 1.22 bits per heavy atom. The van der Waals surface area contributed by atoms with Gasteiger partial charge in [-0.1, -0.05) is 18.2 Å². The second-order valence-electron chi connectivity index (χ2n) is 5.52. The first-order valence-electron chi connectivity index (χ1n) is 7.96. The van der Waals surface area contributed by atoms with E-state index in [0.717, 1.165) is 12.1 Å². The van der Waals surface area contributed by atoms with Gasteiger partial charge in [0, 0.05) is 0 Å². The first-order chi connectivity index (χ1) is 12.7. The molecule has 1 heterocycles. The van der Waals surface area contributed by atoms with Crippen molar-refractivity contribution in [1.82, 2.24) is 10.6 Å². The van der Waals surface area contributed by atoms with Crippen LogP contribution in [0.5, 0.6) is 0 Å². The fourth-order valence-corrected chi connectivity index (χ4v) is 2.30. The smallest absolute Gasteiger partial charge is 0.416 e. The van der Waals surface area contributed by atoms with Crippen molar-refractivity contribution in [3.05, 3.63) is 46.7 Å². The van der Waals surface area contributed by atoms with E-state index in [1.807, 2.05) is 0 Å². The van der Waals surface area contributed by atoms with Crippen LogP contribution in [0, 0.1) is 0 Å².